The van der Waals surface area contributed by atoms with Crippen LogP contribution in [-0.2, 0) is 5.41 Å². The molecule has 5 aromatic carbocycles. The van der Waals surface area contributed by atoms with E-state index in [1.807, 2.05) is 12.3 Å². The van der Waals surface area contributed by atoms with Crippen LogP contribution >= 0.6 is 0 Å². The van der Waals surface area contributed by atoms with E-state index in [2.05, 4.69) is 176 Å². The number of rotatable bonds is 8. The fourth-order valence-corrected chi connectivity index (χ4v) is 7.36. The number of para-hydroxylation sites is 1. The zero-order valence-corrected chi connectivity index (χ0v) is 26.3. The van der Waals surface area contributed by atoms with E-state index in [-0.39, 0.29) is 0 Å². The molecular formula is C44H36N2. The van der Waals surface area contributed by atoms with Gasteiger partial charge >= 0.3 is 0 Å². The molecule has 0 N–H and O–H groups in total. The fraction of sp³-hybridized carbons (Fsp3) is 0.0682. The zero-order valence-electron chi connectivity index (χ0n) is 26.3. The largest absolute Gasteiger partial charge is 0.309 e. The molecule has 1 aromatic heterocycles. The molecule has 1 aliphatic carbocycles. The normalized spacial score (nSPS) is 15.8. The van der Waals surface area contributed by atoms with Crippen molar-refractivity contribution in [3.63, 3.8) is 0 Å². The first-order chi connectivity index (χ1) is 22.6. The van der Waals surface area contributed by atoms with Crippen LogP contribution < -0.4 is 0 Å². The lowest BCUT2D eigenvalue weighted by atomic mass is 9.67. The van der Waals surface area contributed by atoms with E-state index in [1.165, 1.54) is 55.5 Å². The molecule has 0 bridgehead atoms. The molecule has 1 unspecified atom stereocenters. The fourth-order valence-electron chi connectivity index (χ4n) is 7.36. The van der Waals surface area contributed by atoms with Crippen molar-refractivity contribution in [1.82, 2.24) is 4.57 Å². The molecule has 0 spiro atoms. The van der Waals surface area contributed by atoms with Crippen molar-refractivity contribution in [2.75, 3.05) is 0 Å². The van der Waals surface area contributed by atoms with Crippen LogP contribution in [-0.4, -0.2) is 10.8 Å². The second kappa shape index (κ2) is 12.0. The Hall–Kier alpha value is -5.73. The minimum absolute atomic E-state index is 0.469. The third-order valence-corrected chi connectivity index (χ3v) is 9.28. The van der Waals surface area contributed by atoms with E-state index in [0.717, 1.165) is 16.9 Å². The third kappa shape index (κ3) is 4.45. The van der Waals surface area contributed by atoms with Gasteiger partial charge in [0, 0.05) is 29.1 Å². The Balaban J connectivity index is 1.49. The van der Waals surface area contributed by atoms with Gasteiger partial charge in [-0.05, 0) is 95.3 Å². The van der Waals surface area contributed by atoms with Gasteiger partial charge in [0.25, 0.3) is 0 Å². The van der Waals surface area contributed by atoms with Crippen LogP contribution in [0.25, 0.3) is 51.0 Å². The number of fused-ring (bicyclic) bond motifs is 4. The van der Waals surface area contributed by atoms with Gasteiger partial charge in [0.15, 0.2) is 0 Å². The van der Waals surface area contributed by atoms with Crippen molar-refractivity contribution >= 4 is 29.3 Å². The Kier molecular flexibility index (Phi) is 7.56. The highest BCUT2D eigenvalue weighted by Crippen LogP contribution is 2.56. The van der Waals surface area contributed by atoms with Crippen molar-refractivity contribution in [3.05, 3.63) is 186 Å². The van der Waals surface area contributed by atoms with Crippen LogP contribution in [0.1, 0.15) is 41.8 Å². The molecule has 0 radical (unpaired) electrons. The summed E-state index contributed by atoms with van der Waals surface area (Å²) in [5.74, 6) is 0. The minimum atomic E-state index is -0.469. The summed E-state index contributed by atoms with van der Waals surface area (Å²) in [6, 6.07) is 44.0. The number of aromatic nitrogens is 1. The molecular weight excluding hydrogens is 556 g/mol. The Morgan fingerprint density at radius 3 is 2.15 bits per heavy atom. The molecule has 2 heteroatoms. The number of aliphatic imine (C=N–C) groups is 1. The van der Waals surface area contributed by atoms with Crippen molar-refractivity contribution in [2.45, 2.75) is 19.3 Å². The third-order valence-electron chi connectivity index (χ3n) is 9.28. The number of hydrogen-bond donors (Lipinski definition) is 0. The lowest BCUT2D eigenvalue weighted by Gasteiger charge is -2.34. The lowest BCUT2D eigenvalue weighted by Crippen LogP contribution is -2.28. The number of hydrogen-bond acceptors (Lipinski definition) is 1. The highest BCUT2D eigenvalue weighted by Gasteiger charge is 2.45. The topological polar surface area (TPSA) is 17.3 Å². The Morgan fingerprint density at radius 1 is 0.739 bits per heavy atom. The van der Waals surface area contributed by atoms with E-state index in [0.29, 0.717) is 0 Å². The summed E-state index contributed by atoms with van der Waals surface area (Å²) in [7, 11) is 0. The van der Waals surface area contributed by atoms with Crippen molar-refractivity contribution < 1.29 is 0 Å². The molecule has 0 aliphatic heterocycles. The van der Waals surface area contributed by atoms with Gasteiger partial charge in [-0.2, -0.15) is 0 Å². The Morgan fingerprint density at radius 2 is 1.41 bits per heavy atom. The van der Waals surface area contributed by atoms with Crippen molar-refractivity contribution in [2.24, 2.45) is 4.99 Å². The van der Waals surface area contributed by atoms with E-state index in [9.17, 15) is 0 Å². The second-order valence-corrected chi connectivity index (χ2v) is 11.7. The summed E-state index contributed by atoms with van der Waals surface area (Å²) in [4.78, 5) is 4.32. The summed E-state index contributed by atoms with van der Waals surface area (Å²) in [6.07, 6.45) is 11.8. The first-order valence-electron chi connectivity index (χ1n) is 15.7. The van der Waals surface area contributed by atoms with Crippen molar-refractivity contribution in [1.29, 1.82) is 0 Å². The maximum atomic E-state index is 4.32. The summed E-state index contributed by atoms with van der Waals surface area (Å²) in [5, 5.41) is 1.20. The predicted octanol–water partition coefficient (Wildman–Crippen LogP) is 11.4. The van der Waals surface area contributed by atoms with E-state index < -0.39 is 5.41 Å². The van der Waals surface area contributed by atoms with Gasteiger partial charge in [0.05, 0.1) is 16.6 Å². The summed E-state index contributed by atoms with van der Waals surface area (Å²) < 4.78 is 2.31. The van der Waals surface area contributed by atoms with Gasteiger partial charge in [-0.25, -0.2) is 0 Å². The molecule has 6 aromatic rings. The molecule has 0 saturated carbocycles. The average Bonchev–Trinajstić information content (AvgIpc) is 3.58. The number of allylic oxidation sites excluding steroid dienone is 3. The summed E-state index contributed by atoms with van der Waals surface area (Å²) in [5.41, 5.74) is 14.0. The molecule has 0 saturated heterocycles. The molecule has 1 atom stereocenters. The van der Waals surface area contributed by atoms with Crippen LogP contribution in [0, 0.1) is 0 Å². The van der Waals surface area contributed by atoms with Gasteiger partial charge in [-0.3, -0.25) is 4.99 Å². The molecule has 1 aliphatic rings. The monoisotopic (exact) mass is 592 g/mol. The minimum Gasteiger partial charge on any atom is -0.309 e. The predicted molar refractivity (Wildman–Crippen MR) is 198 cm³/mol. The van der Waals surface area contributed by atoms with Gasteiger partial charge in [0.2, 0.25) is 0 Å². The van der Waals surface area contributed by atoms with Crippen LogP contribution in [0.5, 0.6) is 0 Å². The van der Waals surface area contributed by atoms with Crippen LogP contribution in [0.3, 0.4) is 0 Å². The molecule has 2 nitrogen and oxygen atoms in total. The second-order valence-electron chi connectivity index (χ2n) is 11.7. The smallest absolute Gasteiger partial charge is 0.0674 e. The van der Waals surface area contributed by atoms with Crippen LogP contribution in [0.4, 0.5) is 0 Å². The van der Waals surface area contributed by atoms with Gasteiger partial charge in [0.1, 0.15) is 0 Å². The number of nitrogens with zero attached hydrogens (tertiary/aromatic N) is 2. The summed E-state index contributed by atoms with van der Waals surface area (Å²) >= 11 is 0. The maximum absolute atomic E-state index is 4.32. The van der Waals surface area contributed by atoms with Crippen LogP contribution in [0.2, 0.25) is 0 Å². The Bertz CT molecular complexity index is 2190. The summed E-state index contributed by atoms with van der Waals surface area (Å²) in [6.45, 7) is 12.3. The standard InChI is InChI=1S/C44H36N2/c1-5-16-38-39-29-32(24-26-43(39)46(42(38)6-2)35-19-12-9-13-20-35)33-23-25-37-36-21-14-15-22-40(36)44(41(37)30-33,31(4)27-28-45-7-3)34-17-10-8-11-18-34/h5-30H,2-3H2,1,4H3/b16-5-,31-27+,45-28?. The maximum Gasteiger partial charge on any atom is 0.0674 e. The first kappa shape index (κ1) is 29.0. The molecule has 222 valence electrons. The van der Waals surface area contributed by atoms with E-state index in [1.54, 1.807) is 6.20 Å². The number of benzene rings is 5. The molecule has 0 fully saturated rings. The Labute approximate surface area is 271 Å². The highest BCUT2D eigenvalue weighted by molar-refractivity contribution is 5.98. The lowest BCUT2D eigenvalue weighted by molar-refractivity contribution is 0.748. The zero-order chi connectivity index (χ0) is 31.7. The highest BCUT2D eigenvalue weighted by atomic mass is 15.0. The molecule has 0 amide bonds. The SMILES string of the molecule is C=CN=C/C=C(\C)C1(c2ccccc2)c2ccccc2-c2ccc(-c3ccc4c(c3)c(/C=C\C)c(C=C)n4-c3ccccc3)cc21. The van der Waals surface area contributed by atoms with Crippen LogP contribution in [0.15, 0.2) is 163 Å². The molecule has 7 rings (SSSR count). The molecule has 1 heterocycles. The van der Waals surface area contributed by atoms with E-state index in [4.69, 9.17) is 0 Å². The first-order valence-corrected chi connectivity index (χ1v) is 15.7. The van der Waals surface area contributed by atoms with E-state index >= 15 is 0 Å². The quantitative estimate of drug-likeness (QED) is 0.156. The van der Waals surface area contributed by atoms with Crippen molar-refractivity contribution in [3.8, 4) is 27.9 Å². The van der Waals surface area contributed by atoms with Gasteiger partial charge in [-0.1, -0.05) is 122 Å². The van der Waals surface area contributed by atoms with Gasteiger partial charge in [-0.15, -0.1) is 0 Å². The average molecular weight is 593 g/mol. The molecule has 46 heavy (non-hydrogen) atoms. The van der Waals surface area contributed by atoms with Gasteiger partial charge < -0.3 is 4.57 Å².